The van der Waals surface area contributed by atoms with Crippen molar-refractivity contribution in [3.05, 3.63) is 183 Å². The van der Waals surface area contributed by atoms with Crippen molar-refractivity contribution in [2.45, 2.75) is 160 Å². The Morgan fingerprint density at radius 1 is 0.313 bits per heavy atom. The quantitative estimate of drug-likeness (QED) is 0.0825. The first kappa shape index (κ1) is 72.6. The molecule has 21 heteroatoms. The highest BCUT2D eigenvalue weighted by atomic mass is 35.5. The van der Waals surface area contributed by atoms with Crippen LogP contribution in [0.25, 0.3) is 0 Å². The summed E-state index contributed by atoms with van der Waals surface area (Å²) in [5.41, 5.74) is 0. The average molecular weight is 1170 g/mol. The van der Waals surface area contributed by atoms with E-state index in [1.165, 1.54) is 30.9 Å². The van der Waals surface area contributed by atoms with Crippen LogP contribution in [0, 0.1) is 11.9 Å². The predicted molar refractivity (Wildman–Crippen MR) is 321 cm³/mol. The van der Waals surface area contributed by atoms with Crippen LogP contribution in [0.4, 0.5) is 8.78 Å². The summed E-state index contributed by atoms with van der Waals surface area (Å²) in [6.07, 6.45) is 22.4. The highest BCUT2D eigenvalue weighted by Crippen LogP contribution is 2.15. The molecule has 0 aromatic carbocycles. The molecule has 0 aliphatic rings. The lowest BCUT2D eigenvalue weighted by Crippen LogP contribution is -2.07. The normalized spacial score (nSPS) is 10.0. The minimum atomic E-state index is -0.511. The summed E-state index contributed by atoms with van der Waals surface area (Å²) in [6.45, 7) is 31.3. The molecule has 0 bridgehead atoms. The molecule has 0 saturated carbocycles. The number of aromatic nitrogens is 10. The van der Waals surface area contributed by atoms with E-state index in [9.17, 15) is 8.78 Å². The molecule has 8 aromatic rings. The Morgan fingerprint density at radius 2 is 0.783 bits per heavy atom. The van der Waals surface area contributed by atoms with Gasteiger partial charge in [0.05, 0.1) is 79.8 Å². The van der Waals surface area contributed by atoms with Crippen molar-refractivity contribution in [1.29, 1.82) is 0 Å². The third-order valence-corrected chi connectivity index (χ3v) is 8.25. The second-order valence-corrected chi connectivity index (χ2v) is 19.3. The summed E-state index contributed by atoms with van der Waals surface area (Å²) < 4.78 is 67.0. The number of pyridine rings is 6. The molecule has 0 amide bonds. The van der Waals surface area contributed by atoms with Crippen molar-refractivity contribution in [3.8, 4) is 46.4 Å². The number of rotatable bonds is 16. The van der Waals surface area contributed by atoms with Crippen molar-refractivity contribution in [1.82, 2.24) is 49.8 Å². The molecule has 450 valence electrons. The largest absolute Gasteiger partial charge is 0.491 e. The highest BCUT2D eigenvalue weighted by Gasteiger charge is 2.02. The fourth-order valence-corrected chi connectivity index (χ4v) is 5.46. The van der Waals surface area contributed by atoms with E-state index in [0.29, 0.717) is 28.5 Å². The van der Waals surface area contributed by atoms with Gasteiger partial charge >= 0.3 is 6.01 Å². The SMILES string of the molecule is CC(C)Oc1ccc(Cl)nc1.CC(C)Oc1ccc(F)nc1.CC(C)Oc1ccccn1.CC(C)Oc1cccnc1.CC(C)Oc1ccnc(F)c1.CC(C)Oc1ccncc1.CC(C)Oc1cncnc1.CC(C)Oc1ncccn1. The molecule has 0 unspecified atom stereocenters. The monoisotopic (exact) mass is 1170 g/mol. The summed E-state index contributed by atoms with van der Waals surface area (Å²) in [7, 11) is 0. The average Bonchev–Trinajstić information content (AvgIpc) is 3.42. The molecule has 0 aliphatic heterocycles. The fraction of sp³-hybridized carbons (Fsp3) is 0.387. The van der Waals surface area contributed by atoms with Crippen LogP contribution >= 0.6 is 11.6 Å². The zero-order chi connectivity index (χ0) is 61.8. The number of nitrogens with zero attached hydrogens (tertiary/aromatic N) is 10. The Kier molecular flexibility index (Phi) is 38.8. The highest BCUT2D eigenvalue weighted by molar-refractivity contribution is 6.29. The van der Waals surface area contributed by atoms with Gasteiger partial charge in [-0.25, -0.2) is 39.9 Å². The van der Waals surface area contributed by atoms with Gasteiger partial charge in [0.2, 0.25) is 17.8 Å². The Balaban J connectivity index is 0.000000474. The first-order valence-electron chi connectivity index (χ1n) is 26.9. The van der Waals surface area contributed by atoms with E-state index in [1.54, 1.807) is 92.3 Å². The maximum Gasteiger partial charge on any atom is 0.316 e. The van der Waals surface area contributed by atoms with E-state index in [1.807, 2.05) is 153 Å². The van der Waals surface area contributed by atoms with Crippen LogP contribution in [0.15, 0.2) is 166 Å². The lowest BCUT2D eigenvalue weighted by molar-refractivity contribution is 0.222. The van der Waals surface area contributed by atoms with E-state index < -0.39 is 11.9 Å². The summed E-state index contributed by atoms with van der Waals surface area (Å²) in [5, 5.41) is 0.487. The van der Waals surface area contributed by atoms with Crippen LogP contribution in [0.5, 0.6) is 46.4 Å². The second kappa shape index (κ2) is 44.3. The van der Waals surface area contributed by atoms with Gasteiger partial charge in [-0.15, -0.1) is 0 Å². The smallest absolute Gasteiger partial charge is 0.316 e. The number of ether oxygens (including phenoxy) is 8. The minimum absolute atomic E-state index is 0.0665. The lowest BCUT2D eigenvalue weighted by Gasteiger charge is -2.08. The molecule has 8 heterocycles. The molecule has 83 heavy (non-hydrogen) atoms. The molecule has 0 fully saturated rings. The molecule has 18 nitrogen and oxygen atoms in total. The van der Waals surface area contributed by atoms with Gasteiger partial charge in [0.15, 0.2) is 5.75 Å². The predicted octanol–water partition coefficient (Wildman–Crippen LogP) is 14.7. The minimum Gasteiger partial charge on any atom is -0.491 e. The van der Waals surface area contributed by atoms with Crippen molar-refractivity contribution in [3.63, 3.8) is 0 Å². The van der Waals surface area contributed by atoms with Gasteiger partial charge in [0.1, 0.15) is 40.2 Å². The lowest BCUT2D eigenvalue weighted by atomic mass is 10.4. The van der Waals surface area contributed by atoms with E-state index >= 15 is 0 Å². The molecule has 8 rings (SSSR count). The van der Waals surface area contributed by atoms with Crippen LogP contribution in [0.2, 0.25) is 5.15 Å². The van der Waals surface area contributed by atoms with Gasteiger partial charge in [-0.2, -0.15) is 8.78 Å². The fourth-order valence-electron chi connectivity index (χ4n) is 5.35. The molecular weight excluding hydrogens is 1090 g/mol. The van der Waals surface area contributed by atoms with Crippen LogP contribution in [-0.4, -0.2) is 98.7 Å². The van der Waals surface area contributed by atoms with Crippen molar-refractivity contribution in [2.24, 2.45) is 0 Å². The van der Waals surface area contributed by atoms with Crippen LogP contribution < -0.4 is 37.9 Å². The van der Waals surface area contributed by atoms with E-state index in [-0.39, 0.29) is 48.8 Å². The first-order valence-corrected chi connectivity index (χ1v) is 27.3. The van der Waals surface area contributed by atoms with Gasteiger partial charge in [0, 0.05) is 55.5 Å². The van der Waals surface area contributed by atoms with Crippen LogP contribution in [0.1, 0.15) is 111 Å². The molecule has 0 radical (unpaired) electrons. The molecule has 0 spiro atoms. The van der Waals surface area contributed by atoms with Crippen LogP contribution in [0.3, 0.4) is 0 Å². The standard InChI is InChI=1S/C8H10ClNO.2C8H10FNO.3C8H11NO.2C7H10N2O/c1-6(2)11-7-3-4-8(9)10-5-7;1-6(2)11-7-3-4-10-8(9)5-7;1-6(2)11-7-3-4-8(9)10-5-7;1-7(2)10-8-3-5-9-6-4-8;1-7(2)10-8-4-3-5-9-6-8;1-7(2)10-8-5-3-4-6-9-8;1-6(2)10-7-3-8-5-9-4-7;1-6(2)10-7-8-4-3-5-9-7/h3*3-6H,1-2H3;3*3-7H,1-2H3;2*3-6H,1-2H3. The maximum atomic E-state index is 12.4. The third kappa shape index (κ3) is 43.1. The van der Waals surface area contributed by atoms with Crippen molar-refractivity contribution >= 4 is 11.6 Å². The third-order valence-electron chi connectivity index (χ3n) is 8.03. The summed E-state index contributed by atoms with van der Waals surface area (Å²) in [5.74, 6) is 4.00. The van der Waals surface area contributed by atoms with Crippen molar-refractivity contribution in [2.75, 3.05) is 0 Å². The Labute approximate surface area is 494 Å². The second-order valence-electron chi connectivity index (χ2n) is 18.9. The van der Waals surface area contributed by atoms with Gasteiger partial charge in [0.25, 0.3) is 0 Å². The van der Waals surface area contributed by atoms with Crippen molar-refractivity contribution < 1.29 is 46.7 Å². The van der Waals surface area contributed by atoms with Gasteiger partial charge < -0.3 is 37.9 Å². The molecule has 0 saturated heterocycles. The summed E-state index contributed by atoms with van der Waals surface area (Å²) in [6, 6.07) is 24.5. The number of hydrogen-bond acceptors (Lipinski definition) is 18. The van der Waals surface area contributed by atoms with E-state index in [0.717, 1.165) is 23.0 Å². The van der Waals surface area contributed by atoms with E-state index in [2.05, 4.69) is 49.8 Å². The molecule has 0 atom stereocenters. The van der Waals surface area contributed by atoms with Gasteiger partial charge in [-0.05, 0) is 178 Å². The Hall–Kier alpha value is -8.39. The zero-order valence-electron chi connectivity index (χ0n) is 50.6. The first-order chi connectivity index (χ1) is 39.5. The maximum absolute atomic E-state index is 12.4. The number of hydrogen-bond donors (Lipinski definition) is 0. The van der Waals surface area contributed by atoms with Crippen LogP contribution in [-0.2, 0) is 0 Å². The number of halogens is 3. The van der Waals surface area contributed by atoms with E-state index in [4.69, 9.17) is 49.5 Å². The Bertz CT molecular complexity index is 2440. The summed E-state index contributed by atoms with van der Waals surface area (Å²) >= 11 is 5.58. The van der Waals surface area contributed by atoms with Gasteiger partial charge in [-0.1, -0.05) is 17.7 Å². The molecular formula is C62H83ClF2N10O8. The Morgan fingerprint density at radius 3 is 1.24 bits per heavy atom. The molecule has 0 aliphatic carbocycles. The molecule has 0 N–H and O–H groups in total. The molecule has 8 aromatic heterocycles. The topological polar surface area (TPSA) is 203 Å². The van der Waals surface area contributed by atoms with Gasteiger partial charge in [-0.3, -0.25) is 9.97 Å². The zero-order valence-corrected chi connectivity index (χ0v) is 51.3. The summed E-state index contributed by atoms with van der Waals surface area (Å²) in [4.78, 5) is 37.9.